The predicted octanol–water partition coefficient (Wildman–Crippen LogP) is 3.37. The molecule has 1 aliphatic carbocycles. The molecule has 1 saturated heterocycles. The lowest BCUT2D eigenvalue weighted by molar-refractivity contribution is -0.141. The van der Waals surface area contributed by atoms with Crippen molar-refractivity contribution < 1.29 is 14.7 Å². The van der Waals surface area contributed by atoms with Crippen molar-refractivity contribution in [2.45, 2.75) is 38.1 Å². The lowest BCUT2D eigenvalue weighted by atomic mass is 9.89. The molecular weight excluding hydrogens is 366 g/mol. The summed E-state index contributed by atoms with van der Waals surface area (Å²) in [6, 6.07) is 7.22. The molecule has 2 aliphatic rings. The summed E-state index contributed by atoms with van der Waals surface area (Å²) in [5, 5.41) is 14.9. The summed E-state index contributed by atoms with van der Waals surface area (Å²) in [7, 11) is 0. The Morgan fingerprint density at radius 2 is 1.93 bits per heavy atom. The minimum atomic E-state index is -0.878. The van der Waals surface area contributed by atoms with Crippen molar-refractivity contribution in [3.63, 3.8) is 0 Å². The summed E-state index contributed by atoms with van der Waals surface area (Å²) >= 11 is 5.96. The van der Waals surface area contributed by atoms with Gasteiger partial charge in [0, 0.05) is 42.7 Å². The van der Waals surface area contributed by atoms with Gasteiger partial charge in [-0.2, -0.15) is 5.10 Å². The molecule has 1 N–H and O–H groups in total. The molecule has 1 aliphatic heterocycles. The summed E-state index contributed by atoms with van der Waals surface area (Å²) in [6.45, 7) is 3.30. The van der Waals surface area contributed by atoms with Crippen LogP contribution in [0.2, 0.25) is 5.02 Å². The van der Waals surface area contributed by atoms with Crippen molar-refractivity contribution in [1.82, 2.24) is 14.7 Å². The summed E-state index contributed by atoms with van der Waals surface area (Å²) in [4.78, 5) is 26.7. The standard InChI is InChI=1S/C20H22ClN3O3/c1-2-24-11-17(18(22-24)13-3-4-13)19(25)23-9-15(16(10-23)20(26)27)12-5-7-14(21)8-6-12/h5-8,11,13,15-16H,2-4,9-10H2,1H3,(H,26,27)/t15-,16+/m0/s1. The average molecular weight is 388 g/mol. The van der Waals surface area contributed by atoms with Crippen LogP contribution in [0.4, 0.5) is 0 Å². The smallest absolute Gasteiger partial charge is 0.308 e. The second kappa shape index (κ2) is 7.00. The molecule has 1 saturated carbocycles. The molecule has 2 fully saturated rings. The highest BCUT2D eigenvalue weighted by Crippen LogP contribution is 2.42. The maximum absolute atomic E-state index is 13.2. The predicted molar refractivity (Wildman–Crippen MR) is 101 cm³/mol. The Morgan fingerprint density at radius 3 is 2.52 bits per heavy atom. The van der Waals surface area contributed by atoms with E-state index in [1.165, 1.54) is 0 Å². The van der Waals surface area contributed by atoms with Crippen LogP contribution in [-0.4, -0.2) is 44.8 Å². The van der Waals surface area contributed by atoms with Crippen LogP contribution < -0.4 is 0 Å². The number of halogens is 1. The lowest BCUT2D eigenvalue weighted by Crippen LogP contribution is -2.30. The van der Waals surface area contributed by atoms with Crippen molar-refractivity contribution >= 4 is 23.5 Å². The Kier molecular flexibility index (Phi) is 4.68. The monoisotopic (exact) mass is 387 g/mol. The third-order valence-electron chi connectivity index (χ3n) is 5.53. The first-order chi connectivity index (χ1) is 13.0. The van der Waals surface area contributed by atoms with E-state index in [0.717, 1.165) is 24.1 Å². The number of carbonyl (C=O) groups excluding carboxylic acids is 1. The maximum Gasteiger partial charge on any atom is 0.308 e. The minimum Gasteiger partial charge on any atom is -0.481 e. The van der Waals surface area contributed by atoms with E-state index in [9.17, 15) is 14.7 Å². The second-order valence-corrected chi connectivity index (χ2v) is 7.81. The molecule has 7 heteroatoms. The minimum absolute atomic E-state index is 0.112. The number of hydrogen-bond acceptors (Lipinski definition) is 3. The largest absolute Gasteiger partial charge is 0.481 e. The number of aliphatic carboxylic acids is 1. The number of likely N-dealkylation sites (tertiary alicyclic amines) is 1. The molecule has 0 bridgehead atoms. The van der Waals surface area contributed by atoms with Gasteiger partial charge in [-0.3, -0.25) is 14.3 Å². The SMILES string of the molecule is CCn1cc(C(=O)N2C[C@@H](C(=O)O)[C@H](c3ccc(Cl)cc3)C2)c(C2CC2)n1. The van der Waals surface area contributed by atoms with Crippen LogP contribution in [0.25, 0.3) is 0 Å². The van der Waals surface area contributed by atoms with Gasteiger partial charge in [-0.15, -0.1) is 0 Å². The quantitative estimate of drug-likeness (QED) is 0.853. The van der Waals surface area contributed by atoms with Gasteiger partial charge in [0.25, 0.3) is 5.91 Å². The van der Waals surface area contributed by atoms with Crippen LogP contribution >= 0.6 is 11.6 Å². The Balaban J connectivity index is 1.61. The van der Waals surface area contributed by atoms with Crippen LogP contribution in [-0.2, 0) is 11.3 Å². The number of aryl methyl sites for hydroxylation is 1. The molecular formula is C20H22ClN3O3. The Labute approximate surface area is 162 Å². The van der Waals surface area contributed by atoms with Gasteiger partial charge in [-0.1, -0.05) is 23.7 Å². The first-order valence-electron chi connectivity index (χ1n) is 9.32. The Hall–Kier alpha value is -2.34. The second-order valence-electron chi connectivity index (χ2n) is 7.37. The third kappa shape index (κ3) is 3.46. The summed E-state index contributed by atoms with van der Waals surface area (Å²) < 4.78 is 1.79. The van der Waals surface area contributed by atoms with Gasteiger partial charge in [-0.25, -0.2) is 0 Å². The van der Waals surface area contributed by atoms with Gasteiger partial charge in [0.1, 0.15) is 0 Å². The molecule has 4 rings (SSSR count). The molecule has 6 nitrogen and oxygen atoms in total. The van der Waals surface area contributed by atoms with Gasteiger partial charge < -0.3 is 10.0 Å². The van der Waals surface area contributed by atoms with E-state index in [1.54, 1.807) is 27.9 Å². The molecule has 0 radical (unpaired) electrons. The highest BCUT2D eigenvalue weighted by atomic mass is 35.5. The fourth-order valence-corrected chi connectivity index (χ4v) is 3.99. The lowest BCUT2D eigenvalue weighted by Gasteiger charge is -2.16. The first-order valence-corrected chi connectivity index (χ1v) is 9.70. The molecule has 2 heterocycles. The molecule has 2 aromatic rings. The molecule has 2 atom stereocenters. The van der Waals surface area contributed by atoms with E-state index >= 15 is 0 Å². The van der Waals surface area contributed by atoms with Gasteiger partial charge >= 0.3 is 5.97 Å². The first kappa shape index (κ1) is 18.0. The van der Waals surface area contributed by atoms with E-state index in [1.807, 2.05) is 19.1 Å². The zero-order valence-electron chi connectivity index (χ0n) is 15.1. The van der Waals surface area contributed by atoms with Crippen molar-refractivity contribution in [1.29, 1.82) is 0 Å². The summed E-state index contributed by atoms with van der Waals surface area (Å²) in [5.74, 6) is -1.49. The van der Waals surface area contributed by atoms with Crippen LogP contribution in [0.3, 0.4) is 0 Å². The van der Waals surface area contributed by atoms with E-state index in [2.05, 4.69) is 5.10 Å². The Morgan fingerprint density at radius 1 is 1.22 bits per heavy atom. The average Bonchev–Trinajstić information content (AvgIpc) is 3.25. The van der Waals surface area contributed by atoms with Gasteiger partial charge in [0.05, 0.1) is 17.2 Å². The zero-order valence-corrected chi connectivity index (χ0v) is 15.9. The van der Waals surface area contributed by atoms with Gasteiger partial charge in [0.15, 0.2) is 0 Å². The van der Waals surface area contributed by atoms with Crippen molar-refractivity contribution in [3.05, 3.63) is 52.3 Å². The molecule has 27 heavy (non-hydrogen) atoms. The zero-order chi connectivity index (χ0) is 19.1. The number of nitrogens with zero attached hydrogens (tertiary/aromatic N) is 3. The number of carbonyl (C=O) groups is 2. The topological polar surface area (TPSA) is 75.4 Å². The number of carboxylic acids is 1. The fraction of sp³-hybridized carbons (Fsp3) is 0.450. The molecule has 1 aromatic heterocycles. The van der Waals surface area contributed by atoms with Crippen molar-refractivity contribution in [3.8, 4) is 0 Å². The number of rotatable bonds is 5. The number of hydrogen-bond donors (Lipinski definition) is 1. The Bertz CT molecular complexity index is 873. The van der Waals surface area contributed by atoms with Crippen LogP contribution in [0, 0.1) is 5.92 Å². The van der Waals surface area contributed by atoms with E-state index in [4.69, 9.17) is 11.6 Å². The molecule has 1 amide bonds. The highest BCUT2D eigenvalue weighted by Gasteiger charge is 2.42. The third-order valence-corrected chi connectivity index (χ3v) is 5.78. The van der Waals surface area contributed by atoms with Gasteiger partial charge in [-0.05, 0) is 37.5 Å². The van der Waals surface area contributed by atoms with Crippen molar-refractivity contribution in [2.75, 3.05) is 13.1 Å². The van der Waals surface area contributed by atoms with Crippen LogP contribution in [0.5, 0.6) is 0 Å². The molecule has 142 valence electrons. The molecule has 0 unspecified atom stereocenters. The number of benzene rings is 1. The molecule has 1 aromatic carbocycles. The van der Waals surface area contributed by atoms with E-state index < -0.39 is 11.9 Å². The fourth-order valence-electron chi connectivity index (χ4n) is 3.86. The highest BCUT2D eigenvalue weighted by molar-refractivity contribution is 6.30. The maximum atomic E-state index is 13.2. The van der Waals surface area contributed by atoms with Crippen molar-refractivity contribution in [2.24, 2.45) is 5.92 Å². The number of aromatic nitrogens is 2. The molecule has 0 spiro atoms. The summed E-state index contributed by atoms with van der Waals surface area (Å²) in [6.07, 6.45) is 3.93. The number of carboxylic acid groups (broad SMARTS) is 1. The van der Waals surface area contributed by atoms with Gasteiger partial charge in [0.2, 0.25) is 0 Å². The van der Waals surface area contributed by atoms with Crippen LogP contribution in [0.15, 0.2) is 30.5 Å². The van der Waals surface area contributed by atoms with Crippen LogP contribution in [0.1, 0.15) is 53.2 Å². The number of amides is 1. The van der Waals surface area contributed by atoms with E-state index in [-0.39, 0.29) is 18.4 Å². The van der Waals surface area contributed by atoms with E-state index in [0.29, 0.717) is 29.6 Å². The summed E-state index contributed by atoms with van der Waals surface area (Å²) in [5.41, 5.74) is 2.39. The normalized spacial score (nSPS) is 22.2.